The van der Waals surface area contributed by atoms with Crippen molar-refractivity contribution in [1.82, 2.24) is 19.7 Å². The number of nitrogens with zero attached hydrogens (tertiary/aromatic N) is 4. The van der Waals surface area contributed by atoms with Crippen LogP contribution in [0.2, 0.25) is 0 Å². The number of hydrogen-bond acceptors (Lipinski definition) is 5. The Labute approximate surface area is 101 Å². The van der Waals surface area contributed by atoms with Crippen molar-refractivity contribution in [2.75, 3.05) is 26.7 Å². The van der Waals surface area contributed by atoms with Crippen LogP contribution in [0.5, 0.6) is 0 Å². The zero-order valence-electron chi connectivity index (χ0n) is 10.3. The van der Waals surface area contributed by atoms with Crippen molar-refractivity contribution >= 4 is 5.97 Å². The SMILES string of the molecule is CCOC(=O)c1ncn(C2CCN(C)CC2)n1. The fourth-order valence-corrected chi connectivity index (χ4v) is 2.00. The van der Waals surface area contributed by atoms with Gasteiger partial charge in [0.2, 0.25) is 0 Å². The third-order valence-electron chi connectivity index (χ3n) is 3.03. The molecule has 6 heteroatoms. The molecule has 0 unspecified atom stereocenters. The molecular weight excluding hydrogens is 220 g/mol. The van der Waals surface area contributed by atoms with E-state index in [4.69, 9.17) is 4.74 Å². The summed E-state index contributed by atoms with van der Waals surface area (Å²) in [4.78, 5) is 17.7. The molecular formula is C11H18N4O2. The van der Waals surface area contributed by atoms with Gasteiger partial charge in [-0.25, -0.2) is 14.5 Å². The number of likely N-dealkylation sites (tertiary alicyclic amines) is 1. The average molecular weight is 238 g/mol. The van der Waals surface area contributed by atoms with Crippen LogP contribution in [0.4, 0.5) is 0 Å². The van der Waals surface area contributed by atoms with Crippen molar-refractivity contribution in [1.29, 1.82) is 0 Å². The zero-order valence-corrected chi connectivity index (χ0v) is 10.3. The lowest BCUT2D eigenvalue weighted by Crippen LogP contribution is -2.31. The van der Waals surface area contributed by atoms with Crippen LogP contribution >= 0.6 is 0 Å². The summed E-state index contributed by atoms with van der Waals surface area (Å²) in [7, 11) is 2.11. The van der Waals surface area contributed by atoms with Crippen LogP contribution in [0.25, 0.3) is 0 Å². The molecule has 0 aliphatic carbocycles. The third-order valence-corrected chi connectivity index (χ3v) is 3.03. The predicted octanol–water partition coefficient (Wildman–Crippen LogP) is 0.721. The van der Waals surface area contributed by atoms with E-state index in [1.54, 1.807) is 17.9 Å². The predicted molar refractivity (Wildman–Crippen MR) is 61.7 cm³/mol. The highest BCUT2D eigenvalue weighted by molar-refractivity contribution is 5.84. The molecule has 2 rings (SSSR count). The number of ether oxygens (including phenoxy) is 1. The van der Waals surface area contributed by atoms with Gasteiger partial charge in [0.15, 0.2) is 0 Å². The molecule has 0 radical (unpaired) electrons. The van der Waals surface area contributed by atoms with Gasteiger partial charge in [-0.05, 0) is 39.9 Å². The minimum Gasteiger partial charge on any atom is -0.460 e. The Morgan fingerprint density at radius 2 is 2.24 bits per heavy atom. The fraction of sp³-hybridized carbons (Fsp3) is 0.727. The van der Waals surface area contributed by atoms with E-state index >= 15 is 0 Å². The van der Waals surface area contributed by atoms with Crippen LogP contribution in [0.1, 0.15) is 36.4 Å². The Morgan fingerprint density at radius 1 is 1.53 bits per heavy atom. The van der Waals surface area contributed by atoms with Gasteiger partial charge in [-0.2, -0.15) is 0 Å². The maximum atomic E-state index is 11.4. The Kier molecular flexibility index (Phi) is 3.73. The zero-order chi connectivity index (χ0) is 12.3. The summed E-state index contributed by atoms with van der Waals surface area (Å²) in [5.41, 5.74) is 0. The van der Waals surface area contributed by atoms with Crippen LogP contribution in [0.15, 0.2) is 6.33 Å². The summed E-state index contributed by atoms with van der Waals surface area (Å²) in [6.45, 7) is 4.23. The average Bonchev–Trinajstić information content (AvgIpc) is 2.80. The van der Waals surface area contributed by atoms with Gasteiger partial charge < -0.3 is 9.64 Å². The van der Waals surface area contributed by atoms with Gasteiger partial charge in [0.25, 0.3) is 5.82 Å². The van der Waals surface area contributed by atoms with Gasteiger partial charge in [-0.15, -0.1) is 5.10 Å². The molecule has 1 aromatic heterocycles. The molecule has 0 atom stereocenters. The van der Waals surface area contributed by atoms with Crippen molar-refractivity contribution in [3.05, 3.63) is 12.2 Å². The molecule has 0 amide bonds. The molecule has 6 nitrogen and oxygen atoms in total. The Hall–Kier alpha value is -1.43. The molecule has 1 aliphatic rings. The lowest BCUT2D eigenvalue weighted by molar-refractivity contribution is 0.0511. The summed E-state index contributed by atoms with van der Waals surface area (Å²) < 4.78 is 6.65. The molecule has 1 saturated heterocycles. The second kappa shape index (κ2) is 5.27. The van der Waals surface area contributed by atoms with Gasteiger partial charge in [0.05, 0.1) is 12.6 Å². The highest BCUT2D eigenvalue weighted by atomic mass is 16.5. The molecule has 1 aromatic rings. The van der Waals surface area contributed by atoms with Crippen LogP contribution in [0.3, 0.4) is 0 Å². The first-order valence-electron chi connectivity index (χ1n) is 5.97. The number of rotatable bonds is 3. The molecule has 1 aliphatic heterocycles. The summed E-state index contributed by atoms with van der Waals surface area (Å²) >= 11 is 0. The normalized spacial score (nSPS) is 18.2. The van der Waals surface area contributed by atoms with E-state index in [1.807, 2.05) is 0 Å². The van der Waals surface area contributed by atoms with Crippen molar-refractivity contribution in [3.63, 3.8) is 0 Å². The van der Waals surface area contributed by atoms with Crippen LogP contribution < -0.4 is 0 Å². The van der Waals surface area contributed by atoms with Gasteiger partial charge in [-0.1, -0.05) is 0 Å². The largest absolute Gasteiger partial charge is 0.460 e. The standard InChI is InChI=1S/C11H18N4O2/c1-3-17-11(16)10-12-8-15(13-10)9-4-6-14(2)7-5-9/h8-9H,3-7H2,1-2H3. The van der Waals surface area contributed by atoms with Crippen molar-refractivity contribution in [3.8, 4) is 0 Å². The summed E-state index contributed by atoms with van der Waals surface area (Å²) in [6, 6.07) is 0.349. The molecule has 1 fully saturated rings. The summed E-state index contributed by atoms with van der Waals surface area (Å²) in [5.74, 6) is -0.287. The van der Waals surface area contributed by atoms with E-state index in [2.05, 4.69) is 22.0 Å². The van der Waals surface area contributed by atoms with E-state index in [-0.39, 0.29) is 5.82 Å². The second-order valence-corrected chi connectivity index (χ2v) is 4.30. The van der Waals surface area contributed by atoms with Gasteiger partial charge in [0, 0.05) is 0 Å². The van der Waals surface area contributed by atoms with E-state index < -0.39 is 5.97 Å². The quantitative estimate of drug-likeness (QED) is 0.726. The van der Waals surface area contributed by atoms with E-state index in [9.17, 15) is 4.79 Å². The third kappa shape index (κ3) is 2.82. The van der Waals surface area contributed by atoms with Crippen LogP contribution in [-0.2, 0) is 4.74 Å². The molecule has 0 spiro atoms. The first kappa shape index (κ1) is 12.0. The van der Waals surface area contributed by atoms with Gasteiger partial charge >= 0.3 is 5.97 Å². The highest BCUT2D eigenvalue weighted by Gasteiger charge is 2.21. The van der Waals surface area contributed by atoms with E-state index in [0.717, 1.165) is 25.9 Å². The van der Waals surface area contributed by atoms with E-state index in [0.29, 0.717) is 12.6 Å². The lowest BCUT2D eigenvalue weighted by atomic mass is 10.1. The number of carbonyl (C=O) groups is 1. The first-order valence-corrected chi connectivity index (χ1v) is 5.97. The monoisotopic (exact) mass is 238 g/mol. The van der Waals surface area contributed by atoms with Crippen molar-refractivity contribution in [2.45, 2.75) is 25.8 Å². The fourth-order valence-electron chi connectivity index (χ4n) is 2.00. The first-order chi connectivity index (χ1) is 8.20. The second-order valence-electron chi connectivity index (χ2n) is 4.30. The number of piperidine rings is 1. The van der Waals surface area contributed by atoms with Crippen LogP contribution in [0, 0.1) is 0 Å². The van der Waals surface area contributed by atoms with Gasteiger partial charge in [0.1, 0.15) is 6.33 Å². The molecule has 0 N–H and O–H groups in total. The van der Waals surface area contributed by atoms with Crippen molar-refractivity contribution in [2.24, 2.45) is 0 Å². The maximum Gasteiger partial charge on any atom is 0.378 e. The Morgan fingerprint density at radius 3 is 2.88 bits per heavy atom. The van der Waals surface area contributed by atoms with Gasteiger partial charge in [-0.3, -0.25) is 0 Å². The molecule has 17 heavy (non-hydrogen) atoms. The summed E-state index contributed by atoms with van der Waals surface area (Å²) in [5, 5.41) is 4.19. The molecule has 94 valence electrons. The minimum absolute atomic E-state index is 0.158. The van der Waals surface area contributed by atoms with Crippen molar-refractivity contribution < 1.29 is 9.53 Å². The maximum absolute atomic E-state index is 11.4. The highest BCUT2D eigenvalue weighted by Crippen LogP contribution is 2.20. The molecule has 2 heterocycles. The molecule has 0 bridgehead atoms. The smallest absolute Gasteiger partial charge is 0.378 e. The van der Waals surface area contributed by atoms with E-state index in [1.165, 1.54) is 0 Å². The molecule has 0 aromatic carbocycles. The minimum atomic E-state index is -0.445. The topological polar surface area (TPSA) is 60.2 Å². The number of esters is 1. The van der Waals surface area contributed by atoms with Crippen LogP contribution in [-0.4, -0.2) is 52.4 Å². The lowest BCUT2D eigenvalue weighted by Gasteiger charge is -2.28. The summed E-state index contributed by atoms with van der Waals surface area (Å²) in [6.07, 6.45) is 3.71. The number of hydrogen-bond donors (Lipinski definition) is 0. The molecule has 0 saturated carbocycles. The number of carbonyl (C=O) groups excluding carboxylic acids is 1. The Bertz CT molecular complexity index is 383. The number of aromatic nitrogens is 3. The Balaban J connectivity index is 2.00.